The Labute approximate surface area is 79.4 Å². The number of aliphatic hydroxyl groups excluding tert-OH is 1. The third-order valence-corrected chi connectivity index (χ3v) is 2.47. The Morgan fingerprint density at radius 1 is 1.42 bits per heavy atom. The number of aliphatic hydroxyl groups is 1. The van der Waals surface area contributed by atoms with Crippen molar-refractivity contribution in [1.29, 1.82) is 0 Å². The Kier molecular flexibility index (Phi) is 3.69. The molecular formula is C9H10BrFO. The molecule has 0 aliphatic heterocycles. The van der Waals surface area contributed by atoms with Gasteiger partial charge in [-0.1, -0.05) is 34.1 Å². The van der Waals surface area contributed by atoms with Crippen LogP contribution in [0, 0.1) is 0 Å². The fourth-order valence-corrected chi connectivity index (χ4v) is 1.64. The number of hydrogen-bond donors (Lipinski definition) is 1. The second kappa shape index (κ2) is 4.58. The topological polar surface area (TPSA) is 20.2 Å². The second-order valence-corrected chi connectivity index (χ2v) is 3.41. The third kappa shape index (κ3) is 2.05. The van der Waals surface area contributed by atoms with E-state index in [-0.39, 0.29) is 6.61 Å². The summed E-state index contributed by atoms with van der Waals surface area (Å²) in [6.45, 7) is -0.682. The van der Waals surface area contributed by atoms with Crippen molar-refractivity contribution in [3.05, 3.63) is 34.3 Å². The van der Waals surface area contributed by atoms with Crippen LogP contribution in [0.3, 0.4) is 0 Å². The lowest BCUT2D eigenvalue weighted by atomic mass is 10.0. The van der Waals surface area contributed by atoms with Crippen LogP contribution in [-0.4, -0.2) is 18.4 Å². The maximum atomic E-state index is 12.3. The van der Waals surface area contributed by atoms with E-state index in [0.717, 1.165) is 10.0 Å². The van der Waals surface area contributed by atoms with Gasteiger partial charge in [0.2, 0.25) is 0 Å². The van der Waals surface area contributed by atoms with Crippen LogP contribution in [0.25, 0.3) is 0 Å². The van der Waals surface area contributed by atoms with Gasteiger partial charge in [-0.15, -0.1) is 0 Å². The van der Waals surface area contributed by atoms with Crippen LogP contribution in [0.4, 0.5) is 4.39 Å². The molecule has 0 fully saturated rings. The van der Waals surface area contributed by atoms with Crippen LogP contribution < -0.4 is 0 Å². The van der Waals surface area contributed by atoms with Gasteiger partial charge in [0.25, 0.3) is 0 Å². The highest BCUT2D eigenvalue weighted by Crippen LogP contribution is 2.24. The van der Waals surface area contributed by atoms with E-state index >= 15 is 0 Å². The van der Waals surface area contributed by atoms with Crippen molar-refractivity contribution in [2.75, 3.05) is 13.3 Å². The highest BCUT2D eigenvalue weighted by atomic mass is 79.9. The minimum absolute atomic E-state index is 0.154. The highest BCUT2D eigenvalue weighted by molar-refractivity contribution is 9.10. The molecular weight excluding hydrogens is 223 g/mol. The summed E-state index contributed by atoms with van der Waals surface area (Å²) in [5.74, 6) is -0.402. The van der Waals surface area contributed by atoms with Crippen LogP contribution >= 0.6 is 15.9 Å². The molecule has 0 bridgehead atoms. The maximum Gasteiger partial charge on any atom is 0.0985 e. The molecule has 1 nitrogen and oxygen atoms in total. The van der Waals surface area contributed by atoms with Crippen molar-refractivity contribution in [2.45, 2.75) is 5.92 Å². The number of hydrogen-bond acceptors (Lipinski definition) is 1. The number of halogens is 2. The van der Waals surface area contributed by atoms with Crippen molar-refractivity contribution < 1.29 is 9.50 Å². The molecule has 1 unspecified atom stereocenters. The minimum atomic E-state index is -0.529. The molecule has 0 aliphatic carbocycles. The first-order chi connectivity index (χ1) is 5.79. The Morgan fingerprint density at radius 3 is 2.58 bits per heavy atom. The summed E-state index contributed by atoms with van der Waals surface area (Å²) in [6, 6.07) is 7.34. The molecule has 0 saturated carbocycles. The minimum Gasteiger partial charge on any atom is -0.396 e. The highest BCUT2D eigenvalue weighted by Gasteiger charge is 2.11. The van der Waals surface area contributed by atoms with Gasteiger partial charge in [0.15, 0.2) is 0 Å². The number of benzene rings is 1. The lowest BCUT2D eigenvalue weighted by molar-refractivity contribution is 0.240. The van der Waals surface area contributed by atoms with Gasteiger partial charge in [-0.3, -0.25) is 4.39 Å². The Morgan fingerprint density at radius 2 is 2.08 bits per heavy atom. The SMILES string of the molecule is OCC(CF)c1ccccc1Br. The second-order valence-electron chi connectivity index (χ2n) is 2.56. The van der Waals surface area contributed by atoms with Crippen LogP contribution in [0.5, 0.6) is 0 Å². The van der Waals surface area contributed by atoms with Crippen molar-refractivity contribution in [2.24, 2.45) is 0 Å². The molecule has 0 heterocycles. The monoisotopic (exact) mass is 232 g/mol. The number of rotatable bonds is 3. The third-order valence-electron chi connectivity index (χ3n) is 1.75. The van der Waals surface area contributed by atoms with Gasteiger partial charge >= 0.3 is 0 Å². The van der Waals surface area contributed by atoms with E-state index in [2.05, 4.69) is 15.9 Å². The Balaban J connectivity index is 2.92. The molecule has 66 valence electrons. The van der Waals surface area contributed by atoms with E-state index in [1.165, 1.54) is 0 Å². The summed E-state index contributed by atoms with van der Waals surface area (Å²) < 4.78 is 13.2. The summed E-state index contributed by atoms with van der Waals surface area (Å²) >= 11 is 3.30. The maximum absolute atomic E-state index is 12.3. The molecule has 3 heteroatoms. The predicted molar refractivity (Wildman–Crippen MR) is 49.9 cm³/mol. The van der Waals surface area contributed by atoms with E-state index < -0.39 is 12.6 Å². The molecule has 1 aromatic rings. The zero-order valence-corrected chi connectivity index (χ0v) is 8.09. The van der Waals surface area contributed by atoms with Gasteiger partial charge in [-0.25, -0.2) is 0 Å². The first-order valence-electron chi connectivity index (χ1n) is 3.70. The fourth-order valence-electron chi connectivity index (χ4n) is 1.04. The van der Waals surface area contributed by atoms with Crippen LogP contribution in [0.15, 0.2) is 28.7 Å². The Bertz CT molecular complexity index is 248. The molecule has 0 amide bonds. The van der Waals surface area contributed by atoms with Crippen molar-refractivity contribution in [1.82, 2.24) is 0 Å². The lowest BCUT2D eigenvalue weighted by Crippen LogP contribution is -2.06. The lowest BCUT2D eigenvalue weighted by Gasteiger charge is -2.11. The fraction of sp³-hybridized carbons (Fsp3) is 0.333. The molecule has 0 spiro atoms. The molecule has 1 aromatic carbocycles. The molecule has 0 radical (unpaired) electrons. The molecule has 0 aliphatic rings. The summed E-state index contributed by atoms with van der Waals surface area (Å²) in [7, 11) is 0. The molecule has 12 heavy (non-hydrogen) atoms. The predicted octanol–water partition coefficient (Wildman–Crippen LogP) is 2.49. The first kappa shape index (κ1) is 9.68. The van der Waals surface area contributed by atoms with Gasteiger partial charge in [-0.2, -0.15) is 0 Å². The van der Waals surface area contributed by atoms with Crippen molar-refractivity contribution >= 4 is 15.9 Å². The zero-order valence-electron chi connectivity index (χ0n) is 6.50. The van der Waals surface area contributed by atoms with E-state index in [1.807, 2.05) is 24.3 Å². The zero-order chi connectivity index (χ0) is 8.97. The van der Waals surface area contributed by atoms with Gasteiger partial charge in [-0.05, 0) is 11.6 Å². The van der Waals surface area contributed by atoms with Crippen LogP contribution in [0.1, 0.15) is 11.5 Å². The molecule has 1 rings (SSSR count). The summed E-state index contributed by atoms with van der Waals surface area (Å²) in [6.07, 6.45) is 0. The van der Waals surface area contributed by atoms with Gasteiger partial charge in [0.1, 0.15) is 0 Å². The van der Waals surface area contributed by atoms with Crippen molar-refractivity contribution in [3.8, 4) is 0 Å². The summed E-state index contributed by atoms with van der Waals surface area (Å²) in [5, 5.41) is 8.84. The normalized spacial score (nSPS) is 12.9. The average Bonchev–Trinajstić information content (AvgIpc) is 2.10. The van der Waals surface area contributed by atoms with Gasteiger partial charge in [0.05, 0.1) is 13.3 Å². The van der Waals surface area contributed by atoms with Gasteiger partial charge < -0.3 is 5.11 Å². The van der Waals surface area contributed by atoms with Gasteiger partial charge in [0, 0.05) is 10.4 Å². The largest absolute Gasteiger partial charge is 0.396 e. The quantitative estimate of drug-likeness (QED) is 0.850. The molecule has 1 atom stereocenters. The van der Waals surface area contributed by atoms with Crippen LogP contribution in [0.2, 0.25) is 0 Å². The average molecular weight is 233 g/mol. The standard InChI is InChI=1S/C9H10BrFO/c10-9-4-2-1-3-8(9)7(5-11)6-12/h1-4,7,12H,5-6H2. The van der Waals surface area contributed by atoms with E-state index in [1.54, 1.807) is 0 Å². The van der Waals surface area contributed by atoms with E-state index in [9.17, 15) is 4.39 Å². The Hall–Kier alpha value is -0.410. The number of alkyl halides is 1. The molecule has 0 saturated heterocycles. The summed E-state index contributed by atoms with van der Waals surface area (Å²) in [4.78, 5) is 0. The summed E-state index contributed by atoms with van der Waals surface area (Å²) in [5.41, 5.74) is 0.822. The van der Waals surface area contributed by atoms with Crippen molar-refractivity contribution in [3.63, 3.8) is 0 Å². The first-order valence-corrected chi connectivity index (χ1v) is 4.50. The smallest absolute Gasteiger partial charge is 0.0985 e. The molecule has 0 aromatic heterocycles. The van der Waals surface area contributed by atoms with E-state index in [0.29, 0.717) is 0 Å². The van der Waals surface area contributed by atoms with Crippen LogP contribution in [-0.2, 0) is 0 Å². The molecule has 1 N–H and O–H groups in total. The van der Waals surface area contributed by atoms with E-state index in [4.69, 9.17) is 5.11 Å².